The maximum atomic E-state index is 9.59. The molecule has 3 rings (SSSR count). The van der Waals surface area contributed by atoms with Crippen molar-refractivity contribution in [3.8, 4) is 11.8 Å². The molecule has 1 aliphatic heterocycles. The lowest BCUT2D eigenvalue weighted by atomic mass is 9.78. The minimum atomic E-state index is -0.465. The molecule has 1 unspecified atom stereocenters. The van der Waals surface area contributed by atoms with Gasteiger partial charge in [0.2, 0.25) is 0 Å². The highest BCUT2D eigenvalue weighted by molar-refractivity contribution is 7.11. The van der Waals surface area contributed by atoms with Crippen LogP contribution in [0, 0.1) is 23.7 Å². The second-order valence-electron chi connectivity index (χ2n) is 4.99. The quantitative estimate of drug-likeness (QED) is 0.842. The molecule has 0 radical (unpaired) electrons. The fourth-order valence-corrected chi connectivity index (χ4v) is 3.41. The molecule has 0 fully saturated rings. The third-order valence-corrected chi connectivity index (χ3v) is 4.34. The fourth-order valence-electron chi connectivity index (χ4n) is 2.47. The predicted molar refractivity (Wildman–Crippen MR) is 74.2 cm³/mol. The van der Waals surface area contributed by atoms with Gasteiger partial charge in [0.25, 0.3) is 0 Å². The minimum absolute atomic E-state index is 0.456. The molecule has 0 amide bonds. The lowest BCUT2D eigenvalue weighted by Crippen LogP contribution is -2.35. The number of nitriles is 1. The highest BCUT2D eigenvalue weighted by atomic mass is 32.1. The largest absolute Gasteiger partial charge is 0.492 e. The number of aryl methyl sites for hydroxylation is 1. The normalized spacial score (nSPS) is 21.3. The van der Waals surface area contributed by atoms with Crippen LogP contribution in [0.15, 0.2) is 30.5 Å². The van der Waals surface area contributed by atoms with Crippen molar-refractivity contribution in [1.29, 1.82) is 5.26 Å². The van der Waals surface area contributed by atoms with Crippen molar-refractivity contribution in [1.82, 2.24) is 4.98 Å². The van der Waals surface area contributed by atoms with Gasteiger partial charge < -0.3 is 4.74 Å². The van der Waals surface area contributed by atoms with Crippen LogP contribution in [-0.2, 0) is 12.8 Å². The maximum absolute atomic E-state index is 9.59. The Morgan fingerprint density at radius 1 is 1.47 bits per heavy atom. The number of thiazole rings is 1. The van der Waals surface area contributed by atoms with Crippen LogP contribution in [0.5, 0.6) is 5.75 Å². The zero-order chi connectivity index (χ0) is 13.3. The SMILES string of the molecule is Cc1ncc(CC2(C#N)COc3ccccc3C2)s1. The van der Waals surface area contributed by atoms with Gasteiger partial charge in [0, 0.05) is 17.5 Å². The Morgan fingerprint density at radius 2 is 2.32 bits per heavy atom. The summed E-state index contributed by atoms with van der Waals surface area (Å²) >= 11 is 1.66. The third-order valence-electron chi connectivity index (χ3n) is 3.42. The first-order valence-corrected chi connectivity index (χ1v) is 7.06. The summed E-state index contributed by atoms with van der Waals surface area (Å²) in [5.41, 5.74) is 0.657. The molecule has 19 heavy (non-hydrogen) atoms. The van der Waals surface area contributed by atoms with Crippen molar-refractivity contribution in [2.45, 2.75) is 19.8 Å². The van der Waals surface area contributed by atoms with E-state index in [1.165, 1.54) is 0 Å². The van der Waals surface area contributed by atoms with Gasteiger partial charge in [-0.3, -0.25) is 0 Å². The Labute approximate surface area is 116 Å². The number of aromatic nitrogens is 1. The van der Waals surface area contributed by atoms with E-state index in [0.717, 1.165) is 27.6 Å². The molecule has 0 saturated carbocycles. The lowest BCUT2D eigenvalue weighted by Gasteiger charge is -2.31. The lowest BCUT2D eigenvalue weighted by molar-refractivity contribution is 0.170. The second-order valence-corrected chi connectivity index (χ2v) is 6.31. The summed E-state index contributed by atoms with van der Waals surface area (Å²) in [7, 11) is 0. The van der Waals surface area contributed by atoms with Crippen LogP contribution in [0.25, 0.3) is 0 Å². The molecule has 0 N–H and O–H groups in total. The van der Waals surface area contributed by atoms with Gasteiger partial charge in [-0.25, -0.2) is 4.98 Å². The molecule has 3 nitrogen and oxygen atoms in total. The Kier molecular flexibility index (Phi) is 3.00. The second kappa shape index (κ2) is 4.67. The number of ether oxygens (including phenoxy) is 1. The summed E-state index contributed by atoms with van der Waals surface area (Å²) in [6.45, 7) is 2.44. The van der Waals surface area contributed by atoms with E-state index in [1.807, 2.05) is 37.4 Å². The number of benzene rings is 1. The van der Waals surface area contributed by atoms with E-state index >= 15 is 0 Å². The Morgan fingerprint density at radius 3 is 3.05 bits per heavy atom. The number of nitrogens with zero attached hydrogens (tertiary/aromatic N) is 2. The summed E-state index contributed by atoms with van der Waals surface area (Å²) in [6.07, 6.45) is 3.33. The van der Waals surface area contributed by atoms with Crippen molar-refractivity contribution in [2.75, 3.05) is 6.61 Å². The summed E-state index contributed by atoms with van der Waals surface area (Å²) in [4.78, 5) is 5.41. The summed E-state index contributed by atoms with van der Waals surface area (Å²) in [5.74, 6) is 0.911. The van der Waals surface area contributed by atoms with Crippen LogP contribution < -0.4 is 4.74 Å². The molecule has 4 heteroatoms. The van der Waals surface area contributed by atoms with E-state index in [9.17, 15) is 5.26 Å². The highest BCUT2D eigenvalue weighted by Gasteiger charge is 2.36. The molecular formula is C15H14N2OS. The van der Waals surface area contributed by atoms with E-state index in [1.54, 1.807) is 11.3 Å². The van der Waals surface area contributed by atoms with Crippen LogP contribution in [0.2, 0.25) is 0 Å². The van der Waals surface area contributed by atoms with Crippen LogP contribution in [0.3, 0.4) is 0 Å². The van der Waals surface area contributed by atoms with Gasteiger partial charge in [-0.1, -0.05) is 18.2 Å². The van der Waals surface area contributed by atoms with Crippen molar-refractivity contribution < 1.29 is 4.74 Å². The van der Waals surface area contributed by atoms with Crippen molar-refractivity contribution in [3.05, 3.63) is 45.9 Å². The predicted octanol–water partition coefficient (Wildman–Crippen LogP) is 3.14. The smallest absolute Gasteiger partial charge is 0.122 e. The third kappa shape index (κ3) is 2.34. The molecule has 1 aromatic heterocycles. The van der Waals surface area contributed by atoms with E-state index < -0.39 is 5.41 Å². The highest BCUT2D eigenvalue weighted by Crippen LogP contribution is 2.37. The number of hydrogen-bond acceptors (Lipinski definition) is 4. The molecule has 0 bridgehead atoms. The first kappa shape index (κ1) is 12.2. The van der Waals surface area contributed by atoms with Crippen LogP contribution in [0.4, 0.5) is 0 Å². The molecular weight excluding hydrogens is 256 g/mol. The molecule has 0 spiro atoms. The zero-order valence-corrected chi connectivity index (χ0v) is 11.5. The van der Waals surface area contributed by atoms with Gasteiger partial charge in [0.15, 0.2) is 0 Å². The summed E-state index contributed by atoms with van der Waals surface area (Å²) in [6, 6.07) is 10.4. The fraction of sp³-hybridized carbons (Fsp3) is 0.333. The summed E-state index contributed by atoms with van der Waals surface area (Å²) in [5, 5.41) is 10.6. The number of para-hydroxylation sites is 1. The molecule has 1 aromatic carbocycles. The van der Waals surface area contributed by atoms with E-state index in [-0.39, 0.29) is 0 Å². The van der Waals surface area contributed by atoms with Crippen molar-refractivity contribution >= 4 is 11.3 Å². The van der Waals surface area contributed by atoms with Crippen LogP contribution >= 0.6 is 11.3 Å². The molecule has 1 aliphatic rings. The summed E-state index contributed by atoms with van der Waals surface area (Å²) < 4.78 is 5.77. The van der Waals surface area contributed by atoms with Gasteiger partial charge >= 0.3 is 0 Å². The van der Waals surface area contributed by atoms with E-state index in [2.05, 4.69) is 11.1 Å². The average molecular weight is 270 g/mol. The van der Waals surface area contributed by atoms with Gasteiger partial charge in [0.1, 0.15) is 17.8 Å². The topological polar surface area (TPSA) is 45.9 Å². The van der Waals surface area contributed by atoms with Crippen molar-refractivity contribution in [3.63, 3.8) is 0 Å². The number of fused-ring (bicyclic) bond motifs is 1. The Bertz CT molecular complexity index is 644. The Balaban J connectivity index is 1.88. The molecule has 2 heterocycles. The molecule has 0 saturated heterocycles. The number of hydrogen-bond donors (Lipinski definition) is 0. The zero-order valence-electron chi connectivity index (χ0n) is 10.7. The Hall–Kier alpha value is -1.86. The van der Waals surface area contributed by atoms with Gasteiger partial charge in [-0.15, -0.1) is 11.3 Å². The van der Waals surface area contributed by atoms with E-state index in [0.29, 0.717) is 13.0 Å². The van der Waals surface area contributed by atoms with Gasteiger partial charge in [0.05, 0.1) is 11.1 Å². The monoisotopic (exact) mass is 270 g/mol. The first-order valence-electron chi connectivity index (χ1n) is 6.24. The molecule has 96 valence electrons. The molecule has 2 aromatic rings. The van der Waals surface area contributed by atoms with Crippen LogP contribution in [0.1, 0.15) is 15.4 Å². The van der Waals surface area contributed by atoms with Crippen molar-refractivity contribution in [2.24, 2.45) is 5.41 Å². The van der Waals surface area contributed by atoms with Gasteiger partial charge in [-0.05, 0) is 25.0 Å². The van der Waals surface area contributed by atoms with E-state index in [4.69, 9.17) is 4.74 Å². The standard InChI is InChI=1S/C15H14N2OS/c1-11-17-8-13(19-11)7-15(9-16)6-12-4-2-3-5-14(12)18-10-15/h2-5,8H,6-7,10H2,1H3. The van der Waals surface area contributed by atoms with Crippen LogP contribution in [-0.4, -0.2) is 11.6 Å². The first-order chi connectivity index (χ1) is 9.21. The minimum Gasteiger partial charge on any atom is -0.492 e. The van der Waals surface area contributed by atoms with Gasteiger partial charge in [-0.2, -0.15) is 5.26 Å². The average Bonchev–Trinajstić information content (AvgIpc) is 2.84. The molecule has 1 atom stereocenters. The number of rotatable bonds is 2. The maximum Gasteiger partial charge on any atom is 0.122 e. The molecule has 0 aliphatic carbocycles.